The first-order valence-corrected chi connectivity index (χ1v) is 22.6. The van der Waals surface area contributed by atoms with Crippen molar-refractivity contribution in [2.45, 2.75) is 118 Å². The molecule has 0 aromatic rings. The van der Waals surface area contributed by atoms with Gasteiger partial charge in [0.2, 0.25) is 0 Å². The molecule has 246 valence electrons. The molecule has 9 nitrogen and oxygen atoms in total. The van der Waals surface area contributed by atoms with E-state index < -0.39 is 32.6 Å². The summed E-state index contributed by atoms with van der Waals surface area (Å²) in [5.74, 6) is 0.646. The number of rotatable bonds is 29. The minimum absolute atomic E-state index is 0.226. The summed E-state index contributed by atoms with van der Waals surface area (Å²) < 4.78 is 36.3. The van der Waals surface area contributed by atoms with Crippen molar-refractivity contribution in [3.63, 3.8) is 0 Å². The standard InChI is InChI=1S/C28H60O9S2Si2/c1-7-32-40(33-8-2,34-9-3)25-19-23-39(38,24-20-26-41(35-10-4,36-11-5)37-12-6)28(31)22-18-16-14-13-15-17-21-27(29)30/h38H,7-26H2,1-6H3,(H,29,30). The van der Waals surface area contributed by atoms with Gasteiger partial charge in [-0.05, 0) is 78.7 Å². The van der Waals surface area contributed by atoms with Crippen molar-refractivity contribution in [2.75, 3.05) is 51.1 Å². The van der Waals surface area contributed by atoms with Crippen molar-refractivity contribution >= 4 is 49.4 Å². The molecule has 0 aromatic carbocycles. The molecule has 13 heteroatoms. The van der Waals surface area contributed by atoms with Gasteiger partial charge in [-0.1, -0.05) is 25.7 Å². The molecule has 1 N–H and O–H groups in total. The zero-order chi connectivity index (χ0) is 31.0. The highest BCUT2D eigenvalue weighted by molar-refractivity contribution is 8.94. The third-order valence-electron chi connectivity index (χ3n) is 6.56. The Hall–Kier alpha value is 0.0338. The van der Waals surface area contributed by atoms with E-state index in [-0.39, 0.29) is 11.5 Å². The van der Waals surface area contributed by atoms with Crippen LogP contribution in [-0.2, 0) is 36.1 Å². The van der Waals surface area contributed by atoms with E-state index in [0.717, 1.165) is 44.9 Å². The van der Waals surface area contributed by atoms with Gasteiger partial charge >= 0.3 is 23.6 Å². The average Bonchev–Trinajstić information content (AvgIpc) is 2.91. The fourth-order valence-corrected chi connectivity index (χ4v) is 14.0. The van der Waals surface area contributed by atoms with E-state index in [4.69, 9.17) is 43.3 Å². The molecule has 0 bridgehead atoms. The summed E-state index contributed by atoms with van der Waals surface area (Å²) in [6.45, 7) is 14.9. The fourth-order valence-electron chi connectivity index (χ4n) is 4.83. The maximum absolute atomic E-state index is 13.7. The summed E-state index contributed by atoms with van der Waals surface area (Å²) in [5.41, 5.74) is 0. The number of unbranched alkanes of at least 4 members (excludes halogenated alkanes) is 5. The summed E-state index contributed by atoms with van der Waals surface area (Å²) in [7, 11) is -7.46. The molecule has 0 unspecified atom stereocenters. The maximum atomic E-state index is 13.7. The minimum atomic E-state index is -2.80. The lowest BCUT2D eigenvalue weighted by Crippen LogP contribution is -2.46. The highest BCUT2D eigenvalue weighted by Crippen LogP contribution is 2.56. The van der Waals surface area contributed by atoms with Crippen LogP contribution in [0, 0.1) is 0 Å². The Morgan fingerprint density at radius 3 is 1.20 bits per heavy atom. The molecule has 0 aliphatic carbocycles. The lowest BCUT2D eigenvalue weighted by Gasteiger charge is -2.36. The van der Waals surface area contributed by atoms with E-state index >= 15 is 0 Å². The summed E-state index contributed by atoms with van der Waals surface area (Å²) in [4.78, 5) is 24.3. The van der Waals surface area contributed by atoms with Gasteiger partial charge in [-0.25, -0.2) is 0 Å². The highest BCUT2D eigenvalue weighted by atomic mass is 33.1. The SMILES string of the molecule is CCO[Si](CCCS(S)(CCC[Si](OCC)(OCC)OCC)C(=O)CCCCCCCCC(=O)O)(OCC)OCC. The lowest BCUT2D eigenvalue weighted by molar-refractivity contribution is -0.137. The van der Waals surface area contributed by atoms with E-state index in [1.165, 1.54) is 0 Å². The zero-order valence-corrected chi connectivity index (χ0v) is 30.4. The van der Waals surface area contributed by atoms with Crippen molar-refractivity contribution in [3.05, 3.63) is 0 Å². The van der Waals surface area contributed by atoms with Crippen LogP contribution >= 0.6 is 20.7 Å². The number of carboxylic acid groups (broad SMARTS) is 1. The van der Waals surface area contributed by atoms with Gasteiger partial charge in [0.1, 0.15) is 0 Å². The van der Waals surface area contributed by atoms with Crippen molar-refractivity contribution in [2.24, 2.45) is 0 Å². The quantitative estimate of drug-likeness (QED) is 0.0371. The molecule has 0 radical (unpaired) electrons. The first-order valence-electron chi connectivity index (χ1n) is 15.7. The normalized spacial score (nSPS) is 13.0. The molecule has 0 heterocycles. The summed E-state index contributed by atoms with van der Waals surface area (Å²) in [6, 6.07) is 1.33. The summed E-state index contributed by atoms with van der Waals surface area (Å²) >= 11 is 5.14. The number of aliphatic carboxylic acids is 1. The third-order valence-corrected chi connectivity index (χ3v) is 17.5. The second kappa shape index (κ2) is 24.4. The number of carboxylic acids is 1. The highest BCUT2D eigenvalue weighted by Gasteiger charge is 2.42. The first-order chi connectivity index (χ1) is 19.6. The van der Waals surface area contributed by atoms with Crippen LogP contribution in [0.3, 0.4) is 0 Å². The van der Waals surface area contributed by atoms with E-state index in [2.05, 4.69) is 0 Å². The van der Waals surface area contributed by atoms with Crippen LogP contribution in [0.25, 0.3) is 0 Å². The number of hydrogen-bond donors (Lipinski definition) is 2. The smallest absolute Gasteiger partial charge is 0.481 e. The average molecular weight is 661 g/mol. The van der Waals surface area contributed by atoms with Crippen LogP contribution in [-0.4, -0.2) is 84.9 Å². The van der Waals surface area contributed by atoms with E-state index in [9.17, 15) is 9.59 Å². The van der Waals surface area contributed by atoms with Gasteiger partial charge in [0.25, 0.3) is 0 Å². The summed E-state index contributed by atoms with van der Waals surface area (Å²) in [6.07, 6.45) is 7.69. The van der Waals surface area contributed by atoms with E-state index in [0.29, 0.717) is 76.1 Å². The molecule has 0 aromatic heterocycles. The van der Waals surface area contributed by atoms with Gasteiger partial charge in [0.15, 0.2) is 5.12 Å². The monoisotopic (exact) mass is 660 g/mol. The first kappa shape index (κ1) is 41.0. The van der Waals surface area contributed by atoms with Crippen LogP contribution in [0.2, 0.25) is 12.1 Å². The van der Waals surface area contributed by atoms with E-state index in [1.54, 1.807) is 0 Å². The Kier molecular flexibility index (Phi) is 24.4. The number of hydrogen-bond acceptors (Lipinski definition) is 9. The van der Waals surface area contributed by atoms with Crippen LogP contribution < -0.4 is 0 Å². The molecule has 0 rings (SSSR count). The van der Waals surface area contributed by atoms with Crippen LogP contribution in [0.1, 0.15) is 106 Å². The number of thiol groups is 1. The Labute approximate surface area is 259 Å². The second-order valence-electron chi connectivity index (χ2n) is 9.81. The molecule has 41 heavy (non-hydrogen) atoms. The van der Waals surface area contributed by atoms with Gasteiger partial charge in [-0.2, -0.15) is 0 Å². The van der Waals surface area contributed by atoms with Crippen molar-refractivity contribution in [3.8, 4) is 0 Å². The van der Waals surface area contributed by atoms with Gasteiger partial charge in [0.05, 0.1) is 0 Å². The maximum Gasteiger partial charge on any atom is 0.500 e. The Morgan fingerprint density at radius 2 is 0.878 bits per heavy atom. The van der Waals surface area contributed by atoms with Gasteiger partial charge < -0.3 is 31.7 Å². The largest absolute Gasteiger partial charge is 0.500 e. The molecular weight excluding hydrogens is 601 g/mol. The van der Waals surface area contributed by atoms with Crippen LogP contribution in [0.15, 0.2) is 0 Å². The molecule has 0 aliphatic rings. The predicted molar refractivity (Wildman–Crippen MR) is 176 cm³/mol. The van der Waals surface area contributed by atoms with Gasteiger partial charge in [0, 0.05) is 64.6 Å². The van der Waals surface area contributed by atoms with Crippen molar-refractivity contribution in [1.82, 2.24) is 0 Å². The number of carbonyl (C=O) groups excluding carboxylic acids is 1. The lowest BCUT2D eigenvalue weighted by atomic mass is 10.1. The molecule has 0 amide bonds. The van der Waals surface area contributed by atoms with Crippen LogP contribution in [0.4, 0.5) is 0 Å². The summed E-state index contributed by atoms with van der Waals surface area (Å²) in [5, 5.41) is 9.03. The Morgan fingerprint density at radius 1 is 0.561 bits per heavy atom. The molecule has 0 spiro atoms. The van der Waals surface area contributed by atoms with Gasteiger partial charge in [-0.3, -0.25) is 9.59 Å². The fraction of sp³-hybridized carbons (Fsp3) is 0.929. The minimum Gasteiger partial charge on any atom is -0.481 e. The topological polar surface area (TPSA) is 110 Å². The molecule has 0 saturated heterocycles. The molecular formula is C28H60O9S2Si2. The third kappa shape index (κ3) is 17.8. The Bertz CT molecular complexity index is 623. The molecule has 0 fully saturated rings. The predicted octanol–water partition coefficient (Wildman–Crippen LogP) is 7.24. The van der Waals surface area contributed by atoms with Crippen molar-refractivity contribution in [1.29, 1.82) is 0 Å². The van der Waals surface area contributed by atoms with Crippen LogP contribution in [0.5, 0.6) is 0 Å². The van der Waals surface area contributed by atoms with Crippen molar-refractivity contribution < 1.29 is 41.3 Å². The zero-order valence-electron chi connectivity index (χ0n) is 26.7. The second-order valence-corrected chi connectivity index (χ2v) is 20.3. The number of carbonyl (C=O) groups is 2. The Balaban J connectivity index is 5.37. The molecule has 0 aliphatic heterocycles. The van der Waals surface area contributed by atoms with Gasteiger partial charge in [-0.15, -0.1) is 20.7 Å². The molecule has 0 atom stereocenters. The van der Waals surface area contributed by atoms with E-state index in [1.807, 2.05) is 41.5 Å². The molecule has 0 saturated carbocycles.